The fraction of sp³-hybridized carbons (Fsp3) is 0. The second kappa shape index (κ2) is 80.1. The molecule has 4 nitrogen and oxygen atoms in total. The van der Waals surface area contributed by atoms with Gasteiger partial charge in [0.05, 0.1) is 0 Å². The second-order valence-corrected chi connectivity index (χ2v) is 0. The van der Waals surface area contributed by atoms with Gasteiger partial charge in [0.2, 0.25) is 0 Å². The Bertz CT molecular complexity index is 8.00. The summed E-state index contributed by atoms with van der Waals surface area (Å²) in [5, 5.41) is 0. The van der Waals surface area contributed by atoms with E-state index in [-0.39, 0.29) is 127 Å². The summed E-state index contributed by atoms with van der Waals surface area (Å²) in [6.45, 7) is 0. The minimum Gasteiger partial charge on any atom is -0.412 e. The summed E-state index contributed by atoms with van der Waals surface area (Å²) in [6, 6.07) is 0. The molecule has 0 aromatic carbocycles. The van der Waals surface area contributed by atoms with Gasteiger partial charge in [0.25, 0.3) is 0 Å². The van der Waals surface area contributed by atoms with Crippen molar-refractivity contribution in [1.29, 1.82) is 0 Å². The van der Waals surface area contributed by atoms with Crippen molar-refractivity contribution in [3.8, 4) is 0 Å². The molecule has 8 heteroatoms. The van der Waals surface area contributed by atoms with Crippen LogP contribution in [0, 0.1) is 0 Å². The molecule has 0 aliphatic rings. The molecule has 0 rings (SSSR count). The molecule has 0 bridgehead atoms. The largest absolute Gasteiger partial charge is 0.412 e. The molecule has 0 saturated carbocycles. The third-order valence-electron chi connectivity index (χ3n) is 0. The minimum atomic E-state index is 0. The standard InChI is InChI=1S/4H2O.4Zr/h4*1H2;;;;. The Morgan fingerprint density at radius 2 is 0.250 bits per heavy atom. The van der Waals surface area contributed by atoms with Crippen molar-refractivity contribution in [2.45, 2.75) is 0 Å². The summed E-state index contributed by atoms with van der Waals surface area (Å²) in [5.74, 6) is 0. The van der Waals surface area contributed by atoms with Crippen molar-refractivity contribution >= 4 is 0 Å². The molecule has 0 heterocycles. The zero-order chi connectivity index (χ0) is 0. The molecule has 0 unspecified atom stereocenters. The topological polar surface area (TPSA) is 126 Å². The van der Waals surface area contributed by atoms with Crippen molar-refractivity contribution in [2.75, 3.05) is 0 Å². The van der Waals surface area contributed by atoms with E-state index in [4.69, 9.17) is 0 Å². The van der Waals surface area contributed by atoms with Crippen molar-refractivity contribution in [2.24, 2.45) is 0 Å². The molecule has 0 aromatic heterocycles. The molecule has 8 N–H and O–H groups in total. The van der Waals surface area contributed by atoms with Crippen molar-refractivity contribution in [1.82, 2.24) is 0 Å². The predicted molar refractivity (Wildman–Crippen MR) is 14.5 cm³/mol. The van der Waals surface area contributed by atoms with Crippen LogP contribution < -0.4 is 0 Å². The van der Waals surface area contributed by atoms with Crippen molar-refractivity contribution in [3.05, 3.63) is 0 Å². The van der Waals surface area contributed by atoms with Gasteiger partial charge in [0.15, 0.2) is 0 Å². The van der Waals surface area contributed by atoms with Gasteiger partial charge < -0.3 is 21.9 Å². The van der Waals surface area contributed by atoms with Crippen LogP contribution in [0.4, 0.5) is 0 Å². The maximum absolute atomic E-state index is 0. The Morgan fingerprint density at radius 3 is 0.250 bits per heavy atom. The monoisotopic (exact) mass is 432 g/mol. The van der Waals surface area contributed by atoms with Gasteiger partial charge >= 0.3 is 0 Å². The van der Waals surface area contributed by atoms with Gasteiger partial charge in [0, 0.05) is 105 Å². The summed E-state index contributed by atoms with van der Waals surface area (Å²) in [4.78, 5) is 0. The first-order valence-corrected chi connectivity index (χ1v) is 0. The van der Waals surface area contributed by atoms with E-state index in [1.54, 1.807) is 0 Å². The zero-order valence-corrected chi connectivity index (χ0v) is 13.8. The average Bonchev–Trinajstić information content (AvgIpc) is 0. The van der Waals surface area contributed by atoms with E-state index in [9.17, 15) is 0 Å². The van der Waals surface area contributed by atoms with Gasteiger partial charge in [-0.15, -0.1) is 0 Å². The van der Waals surface area contributed by atoms with Gasteiger partial charge in [-0.1, -0.05) is 0 Å². The van der Waals surface area contributed by atoms with Crippen LogP contribution >= 0.6 is 0 Å². The van der Waals surface area contributed by atoms with E-state index in [2.05, 4.69) is 0 Å². The Morgan fingerprint density at radius 1 is 0.250 bits per heavy atom. The molecule has 0 aliphatic heterocycles. The average molecular weight is 437 g/mol. The maximum atomic E-state index is 0. The molecular weight excluding hydrogens is 429 g/mol. The van der Waals surface area contributed by atoms with Crippen LogP contribution in [0.3, 0.4) is 0 Å². The van der Waals surface area contributed by atoms with Crippen molar-refractivity contribution < 1.29 is 127 Å². The Kier molecular flexibility index (Phi) is 1080. The van der Waals surface area contributed by atoms with Gasteiger partial charge in [-0.05, 0) is 0 Å². The van der Waals surface area contributed by atoms with E-state index in [1.165, 1.54) is 0 Å². The van der Waals surface area contributed by atoms with E-state index < -0.39 is 0 Å². The fourth-order valence-corrected chi connectivity index (χ4v) is 0. The molecular formula is H8O4Zr4. The van der Waals surface area contributed by atoms with Gasteiger partial charge in [-0.25, -0.2) is 0 Å². The molecule has 0 atom stereocenters. The Hall–Kier alpha value is 3.37. The second-order valence-electron chi connectivity index (χ2n) is 0. The summed E-state index contributed by atoms with van der Waals surface area (Å²) >= 11 is 0. The van der Waals surface area contributed by atoms with Crippen LogP contribution in [0.2, 0.25) is 0 Å². The van der Waals surface area contributed by atoms with E-state index >= 15 is 0 Å². The molecule has 0 aliphatic carbocycles. The summed E-state index contributed by atoms with van der Waals surface area (Å²) in [6.07, 6.45) is 0. The van der Waals surface area contributed by atoms with Crippen LogP contribution in [0.25, 0.3) is 0 Å². The van der Waals surface area contributed by atoms with Gasteiger partial charge in [0.1, 0.15) is 0 Å². The summed E-state index contributed by atoms with van der Waals surface area (Å²) in [5.41, 5.74) is 0. The normalized spacial score (nSPS) is 0. The van der Waals surface area contributed by atoms with Crippen LogP contribution in [0.5, 0.6) is 0 Å². The summed E-state index contributed by atoms with van der Waals surface area (Å²) < 4.78 is 0. The Labute approximate surface area is 124 Å². The van der Waals surface area contributed by atoms with Gasteiger partial charge in [-0.3, -0.25) is 0 Å². The van der Waals surface area contributed by atoms with E-state index in [0.29, 0.717) is 0 Å². The van der Waals surface area contributed by atoms with Crippen LogP contribution in [0.1, 0.15) is 0 Å². The van der Waals surface area contributed by atoms with Crippen LogP contribution in [0.15, 0.2) is 0 Å². The SMILES string of the molecule is O.O.O.O.[Zr].[Zr].[Zr].[Zr]. The van der Waals surface area contributed by atoms with E-state index in [0.717, 1.165) is 0 Å². The molecule has 0 amide bonds. The molecule has 0 aromatic rings. The quantitative estimate of drug-likeness (QED) is 0.377. The maximum Gasteiger partial charge on any atom is 0 e. The number of hydrogen-bond acceptors (Lipinski definition) is 0. The predicted octanol–water partition coefficient (Wildman–Crippen LogP) is -3.31. The first kappa shape index (κ1) is 108. The number of hydrogen-bond donors (Lipinski definition) is 0. The zero-order valence-electron chi connectivity index (χ0n) is 4.00. The van der Waals surface area contributed by atoms with Crippen molar-refractivity contribution in [3.63, 3.8) is 0 Å². The fourth-order valence-electron chi connectivity index (χ4n) is 0. The minimum absolute atomic E-state index is 0. The number of rotatable bonds is 0. The first-order valence-electron chi connectivity index (χ1n) is 0. The van der Waals surface area contributed by atoms with Gasteiger partial charge in [-0.2, -0.15) is 0 Å². The van der Waals surface area contributed by atoms with Crippen LogP contribution in [-0.2, 0) is 105 Å². The van der Waals surface area contributed by atoms with Crippen LogP contribution in [-0.4, -0.2) is 21.9 Å². The third-order valence-corrected chi connectivity index (χ3v) is 0. The molecule has 0 saturated heterocycles. The first-order chi connectivity index (χ1) is 0. The molecule has 48 valence electrons. The summed E-state index contributed by atoms with van der Waals surface area (Å²) in [7, 11) is 0. The molecule has 0 radical (unpaired) electrons. The molecule has 8 heavy (non-hydrogen) atoms. The Balaban J connectivity index is 0. The third kappa shape index (κ3) is 57.8. The smallest absolute Gasteiger partial charge is 0 e. The van der Waals surface area contributed by atoms with E-state index in [1.807, 2.05) is 0 Å². The molecule has 0 spiro atoms. The molecule has 0 fully saturated rings.